The summed E-state index contributed by atoms with van der Waals surface area (Å²) in [5.74, 6) is 1.07. The number of amides is 1. The molecule has 0 saturated heterocycles. The maximum atomic E-state index is 12.5. The number of hydrogen-bond acceptors (Lipinski definition) is 5. The minimum atomic E-state index is -0.229. The van der Waals surface area contributed by atoms with E-state index in [-0.39, 0.29) is 29.7 Å². The van der Waals surface area contributed by atoms with Crippen LogP contribution in [-0.4, -0.2) is 32.6 Å². The normalized spacial score (nSPS) is 10.9. The number of H-pyrrole nitrogens is 1. The Hall–Kier alpha value is -3.16. The minimum absolute atomic E-state index is 0.128. The predicted molar refractivity (Wildman–Crippen MR) is 97.6 cm³/mol. The molecule has 0 aliphatic carbocycles. The molecule has 8 nitrogen and oxygen atoms in total. The van der Waals surface area contributed by atoms with Gasteiger partial charge in [0.25, 0.3) is 11.3 Å². The van der Waals surface area contributed by atoms with Gasteiger partial charge in [0, 0.05) is 23.2 Å². The summed E-state index contributed by atoms with van der Waals surface area (Å²) in [6, 6.07) is 7.46. The molecule has 2 aromatic heterocycles. The minimum Gasteiger partial charge on any atom is -0.496 e. The Morgan fingerprint density at radius 2 is 2.00 bits per heavy atom. The smallest absolute Gasteiger partial charge is 0.277 e. The maximum absolute atomic E-state index is 12.5. The van der Waals surface area contributed by atoms with Gasteiger partial charge >= 0.3 is 0 Å². The average molecular weight is 355 g/mol. The highest BCUT2D eigenvalue weighted by Gasteiger charge is 2.21. The molecule has 0 atom stereocenters. The van der Waals surface area contributed by atoms with Crippen LogP contribution < -0.4 is 15.2 Å². The van der Waals surface area contributed by atoms with Crippen molar-refractivity contribution in [2.24, 2.45) is 0 Å². The third-order valence-electron chi connectivity index (χ3n) is 4.33. The van der Waals surface area contributed by atoms with Crippen molar-refractivity contribution in [3.8, 4) is 5.75 Å². The number of ether oxygens (including phenoxy) is 1. The van der Waals surface area contributed by atoms with Gasteiger partial charge in [-0.05, 0) is 19.9 Å². The maximum Gasteiger partial charge on any atom is 0.277 e. The highest BCUT2D eigenvalue weighted by Crippen LogP contribution is 2.22. The molecule has 0 aliphatic rings. The highest BCUT2D eigenvalue weighted by atomic mass is 16.5. The van der Waals surface area contributed by atoms with Crippen LogP contribution in [0.2, 0.25) is 0 Å². The fourth-order valence-corrected chi connectivity index (χ4v) is 2.69. The number of aromatic amines is 1. The number of nitrogens with zero attached hydrogens (tertiary/aromatic N) is 4. The molecule has 0 bridgehead atoms. The quantitative estimate of drug-likeness (QED) is 0.755. The Kier molecular flexibility index (Phi) is 4.75. The molecule has 0 saturated carbocycles. The molecule has 0 aliphatic heterocycles. The Morgan fingerprint density at radius 1 is 1.27 bits per heavy atom. The Labute approximate surface area is 150 Å². The molecule has 1 amide bonds. The first-order valence-electron chi connectivity index (χ1n) is 8.34. The first-order valence-corrected chi connectivity index (χ1v) is 8.34. The Bertz CT molecular complexity index is 1020. The van der Waals surface area contributed by atoms with Gasteiger partial charge in [-0.15, -0.1) is 0 Å². The van der Waals surface area contributed by atoms with Gasteiger partial charge in [-0.25, -0.2) is 4.98 Å². The number of fused-ring (bicyclic) bond motifs is 1. The predicted octanol–water partition coefficient (Wildman–Crippen LogP) is 1.99. The number of nitrogens with one attached hydrogen (secondary N) is 1. The van der Waals surface area contributed by atoms with Crippen LogP contribution in [0.3, 0.4) is 0 Å². The van der Waals surface area contributed by atoms with E-state index >= 15 is 0 Å². The summed E-state index contributed by atoms with van der Waals surface area (Å²) in [4.78, 5) is 35.1. The second kappa shape index (κ2) is 6.99. The molecular formula is C18H21N5O3. The van der Waals surface area contributed by atoms with Crippen molar-refractivity contribution in [2.75, 3.05) is 12.0 Å². The number of methoxy groups -OCH3 is 1. The van der Waals surface area contributed by atoms with Crippen molar-refractivity contribution >= 4 is 17.6 Å². The molecule has 136 valence electrons. The zero-order chi connectivity index (χ0) is 18.8. The Morgan fingerprint density at radius 3 is 2.69 bits per heavy atom. The van der Waals surface area contributed by atoms with E-state index in [0.717, 1.165) is 5.56 Å². The number of aryl methyl sites for hydroxylation is 1. The number of aromatic nitrogens is 4. The van der Waals surface area contributed by atoms with Gasteiger partial charge in [0.15, 0.2) is 0 Å². The van der Waals surface area contributed by atoms with E-state index < -0.39 is 0 Å². The SMILES string of the molecule is CCC(=O)N(Cc1ccccc1OC)c1nc2nc(C)c(C)c(=O)n2[nH]1. The molecule has 26 heavy (non-hydrogen) atoms. The highest BCUT2D eigenvalue weighted by molar-refractivity contribution is 5.91. The van der Waals surface area contributed by atoms with Crippen molar-refractivity contribution in [1.29, 1.82) is 0 Å². The number of hydrogen-bond donors (Lipinski definition) is 1. The van der Waals surface area contributed by atoms with Crippen LogP contribution in [0, 0.1) is 13.8 Å². The van der Waals surface area contributed by atoms with Crippen LogP contribution >= 0.6 is 0 Å². The molecule has 0 unspecified atom stereocenters. The van der Waals surface area contributed by atoms with E-state index in [0.29, 0.717) is 23.4 Å². The summed E-state index contributed by atoms with van der Waals surface area (Å²) in [5.41, 5.74) is 1.76. The molecule has 3 rings (SSSR count). The summed E-state index contributed by atoms with van der Waals surface area (Å²) in [6.45, 7) is 5.51. The summed E-state index contributed by atoms with van der Waals surface area (Å²) in [7, 11) is 1.58. The lowest BCUT2D eigenvalue weighted by molar-refractivity contribution is -0.118. The monoisotopic (exact) mass is 355 g/mol. The van der Waals surface area contributed by atoms with Gasteiger partial charge in [0.2, 0.25) is 11.9 Å². The van der Waals surface area contributed by atoms with Crippen LogP contribution in [0.25, 0.3) is 5.78 Å². The zero-order valence-corrected chi connectivity index (χ0v) is 15.2. The summed E-state index contributed by atoms with van der Waals surface area (Å²) in [6.07, 6.45) is 0.298. The third-order valence-corrected chi connectivity index (χ3v) is 4.33. The summed E-state index contributed by atoms with van der Waals surface area (Å²) >= 11 is 0. The van der Waals surface area contributed by atoms with E-state index in [4.69, 9.17) is 4.74 Å². The number of anilines is 1. The molecule has 1 N–H and O–H groups in total. The third kappa shape index (κ3) is 3.05. The molecular weight excluding hydrogens is 334 g/mol. The lowest BCUT2D eigenvalue weighted by atomic mass is 10.2. The average Bonchev–Trinajstić information content (AvgIpc) is 3.07. The number of carbonyl (C=O) groups is 1. The van der Waals surface area contributed by atoms with Crippen LogP contribution in [-0.2, 0) is 11.3 Å². The van der Waals surface area contributed by atoms with E-state index in [1.54, 1.807) is 27.9 Å². The fraction of sp³-hybridized carbons (Fsp3) is 0.333. The topological polar surface area (TPSA) is 92.6 Å². The van der Waals surface area contributed by atoms with Gasteiger partial charge < -0.3 is 4.74 Å². The number of benzene rings is 1. The number of para-hydroxylation sites is 1. The summed E-state index contributed by atoms with van der Waals surface area (Å²) in [5, 5.41) is 2.90. The van der Waals surface area contributed by atoms with E-state index in [1.807, 2.05) is 24.3 Å². The molecule has 3 aromatic rings. The van der Waals surface area contributed by atoms with Crippen LogP contribution in [0.5, 0.6) is 5.75 Å². The first kappa shape index (κ1) is 17.7. The zero-order valence-electron chi connectivity index (χ0n) is 15.2. The second-order valence-electron chi connectivity index (χ2n) is 5.96. The van der Waals surface area contributed by atoms with E-state index in [1.165, 1.54) is 9.42 Å². The van der Waals surface area contributed by atoms with E-state index in [2.05, 4.69) is 15.1 Å². The van der Waals surface area contributed by atoms with Gasteiger partial charge in [-0.2, -0.15) is 9.50 Å². The van der Waals surface area contributed by atoms with Crippen molar-refractivity contribution in [3.63, 3.8) is 0 Å². The number of rotatable bonds is 5. The lowest BCUT2D eigenvalue weighted by Gasteiger charge is -2.20. The van der Waals surface area contributed by atoms with Crippen molar-refractivity contribution in [3.05, 3.63) is 51.4 Å². The molecule has 0 fully saturated rings. The van der Waals surface area contributed by atoms with Gasteiger partial charge in [0.05, 0.1) is 13.7 Å². The van der Waals surface area contributed by atoms with Crippen molar-refractivity contribution < 1.29 is 9.53 Å². The first-order chi connectivity index (χ1) is 12.5. The van der Waals surface area contributed by atoms with Crippen LogP contribution in [0.1, 0.15) is 30.2 Å². The Balaban J connectivity index is 2.09. The van der Waals surface area contributed by atoms with Crippen molar-refractivity contribution in [1.82, 2.24) is 19.6 Å². The molecule has 8 heteroatoms. The fourth-order valence-electron chi connectivity index (χ4n) is 2.69. The molecule has 2 heterocycles. The van der Waals surface area contributed by atoms with Gasteiger partial charge in [0.1, 0.15) is 5.75 Å². The number of carbonyl (C=O) groups excluding carboxylic acids is 1. The largest absolute Gasteiger partial charge is 0.496 e. The van der Waals surface area contributed by atoms with Crippen LogP contribution in [0.15, 0.2) is 29.1 Å². The van der Waals surface area contributed by atoms with Gasteiger partial charge in [-0.3, -0.25) is 19.6 Å². The standard InChI is InChI=1S/C18H21N5O3/c1-5-15(24)22(10-13-8-6-7-9-14(13)26-4)18-20-17-19-12(3)11(2)16(25)23(17)21-18/h6-9H,5,10H2,1-4H3,(H,19,20,21). The van der Waals surface area contributed by atoms with Gasteiger partial charge in [-0.1, -0.05) is 25.1 Å². The molecule has 0 radical (unpaired) electrons. The molecule has 0 spiro atoms. The lowest BCUT2D eigenvalue weighted by Crippen LogP contribution is -2.31. The van der Waals surface area contributed by atoms with E-state index in [9.17, 15) is 9.59 Å². The summed E-state index contributed by atoms with van der Waals surface area (Å²) < 4.78 is 6.63. The second-order valence-corrected chi connectivity index (χ2v) is 5.96. The molecule has 1 aromatic carbocycles. The van der Waals surface area contributed by atoms with Crippen molar-refractivity contribution in [2.45, 2.75) is 33.7 Å². The van der Waals surface area contributed by atoms with Crippen LogP contribution in [0.4, 0.5) is 5.95 Å².